The van der Waals surface area contributed by atoms with Gasteiger partial charge in [-0.05, 0) is 24.3 Å². The van der Waals surface area contributed by atoms with Crippen LogP contribution in [0.25, 0.3) is 0 Å². The summed E-state index contributed by atoms with van der Waals surface area (Å²) >= 11 is 0. The number of quaternary nitrogens is 1. The monoisotopic (exact) mass is 397 g/mol. The number of anilines is 4. The minimum atomic E-state index is -0.439. The van der Waals surface area contributed by atoms with Crippen molar-refractivity contribution >= 4 is 40.9 Å². The van der Waals surface area contributed by atoms with E-state index in [9.17, 15) is 19.8 Å². The molecule has 1 aliphatic rings. The third kappa shape index (κ3) is 4.82. The largest absolute Gasteiger partial charge is 0.506 e. The molecule has 0 atom stereocenters. The molecule has 1 aliphatic heterocycles. The summed E-state index contributed by atoms with van der Waals surface area (Å²) in [6.45, 7) is -0.268. The van der Waals surface area contributed by atoms with Gasteiger partial charge in [-0.1, -0.05) is 0 Å². The van der Waals surface area contributed by atoms with E-state index in [0.717, 1.165) is 0 Å². The second kappa shape index (κ2) is 7.90. The summed E-state index contributed by atoms with van der Waals surface area (Å²) in [7, 11) is 0. The first kappa shape index (κ1) is 19.7. The van der Waals surface area contributed by atoms with Crippen molar-refractivity contribution in [2.75, 3.05) is 35.2 Å². The zero-order chi connectivity index (χ0) is 21.0. The molecule has 1 heterocycles. The van der Waals surface area contributed by atoms with E-state index < -0.39 is 11.8 Å². The number of carbonyl (C=O) groups excluding carboxylic acids is 2. The number of amides is 2. The number of nitrogens with two attached hydrogens (primary N) is 2. The van der Waals surface area contributed by atoms with Gasteiger partial charge in [0.1, 0.15) is 17.7 Å². The molecule has 0 saturated carbocycles. The standard InChI is InChI=1S/C19H20N6O4/c20-12-1-3-14(16(26)7-12)23-18(28)9-25(6-5-22-11-25)10-19(29)24-15-4-2-13(21)8-17(15)27/h1-8,11H,9-10,20-21H2,(H3-,23,24,26,27,28,29)/p+1. The molecule has 0 saturated heterocycles. The second-order valence-electron chi connectivity index (χ2n) is 6.63. The van der Waals surface area contributed by atoms with Gasteiger partial charge in [0.2, 0.25) is 0 Å². The third-order valence-electron chi connectivity index (χ3n) is 4.21. The maximum Gasteiger partial charge on any atom is 0.280 e. The van der Waals surface area contributed by atoms with Crippen LogP contribution in [0.5, 0.6) is 11.5 Å². The highest BCUT2D eigenvalue weighted by Gasteiger charge is 2.33. The van der Waals surface area contributed by atoms with Gasteiger partial charge < -0.3 is 32.3 Å². The molecule has 29 heavy (non-hydrogen) atoms. The van der Waals surface area contributed by atoms with Crippen molar-refractivity contribution in [1.29, 1.82) is 0 Å². The molecular formula is C19H21N6O4+. The van der Waals surface area contributed by atoms with Crippen molar-refractivity contribution < 1.29 is 24.3 Å². The highest BCUT2D eigenvalue weighted by Crippen LogP contribution is 2.27. The van der Waals surface area contributed by atoms with Crippen molar-refractivity contribution in [3.05, 3.63) is 48.8 Å². The zero-order valence-electron chi connectivity index (χ0n) is 15.4. The number of benzene rings is 2. The number of aromatic hydroxyl groups is 2. The lowest BCUT2D eigenvalue weighted by atomic mass is 10.2. The number of rotatable bonds is 6. The molecular weight excluding hydrogens is 376 g/mol. The van der Waals surface area contributed by atoms with E-state index in [4.69, 9.17) is 11.5 Å². The van der Waals surface area contributed by atoms with Crippen LogP contribution in [0.3, 0.4) is 0 Å². The molecule has 2 aromatic rings. The van der Waals surface area contributed by atoms with E-state index in [2.05, 4.69) is 15.6 Å². The number of hydrogen-bond acceptors (Lipinski definition) is 7. The SMILES string of the molecule is Nc1ccc(NC(=O)C[N+]2(CC(=O)Nc3ccc(N)cc3O)C=CN=C2)c(O)c1. The van der Waals surface area contributed by atoms with Crippen molar-refractivity contribution in [2.45, 2.75) is 0 Å². The van der Waals surface area contributed by atoms with Crippen molar-refractivity contribution in [1.82, 2.24) is 0 Å². The highest BCUT2D eigenvalue weighted by molar-refractivity contribution is 5.96. The maximum absolute atomic E-state index is 12.5. The molecule has 0 bridgehead atoms. The summed E-state index contributed by atoms with van der Waals surface area (Å²) in [6.07, 6.45) is 4.55. The molecule has 2 aromatic carbocycles. The van der Waals surface area contributed by atoms with Crippen molar-refractivity contribution in [3.63, 3.8) is 0 Å². The number of carbonyl (C=O) groups is 2. The summed E-state index contributed by atoms with van der Waals surface area (Å²) < 4.78 is -0.164. The zero-order valence-corrected chi connectivity index (χ0v) is 15.4. The minimum absolute atomic E-state index is 0.134. The van der Waals surface area contributed by atoms with Gasteiger partial charge in [0, 0.05) is 23.5 Å². The number of nitrogens with one attached hydrogen (secondary N) is 2. The normalized spacial score (nSPS) is 13.9. The molecule has 0 spiro atoms. The Bertz CT molecular complexity index is 936. The van der Waals surface area contributed by atoms with Crippen molar-refractivity contribution in [2.24, 2.45) is 4.99 Å². The summed E-state index contributed by atoms with van der Waals surface area (Å²) in [6, 6.07) is 8.70. The summed E-state index contributed by atoms with van der Waals surface area (Å²) in [5.74, 6) is -1.20. The number of nitrogen functional groups attached to an aromatic ring is 2. The fourth-order valence-electron chi connectivity index (χ4n) is 2.85. The average Bonchev–Trinajstić information content (AvgIpc) is 3.07. The van der Waals surface area contributed by atoms with E-state index >= 15 is 0 Å². The Morgan fingerprint density at radius 1 is 0.897 bits per heavy atom. The molecule has 3 rings (SSSR count). The maximum atomic E-state index is 12.5. The van der Waals surface area contributed by atoms with E-state index in [0.29, 0.717) is 11.4 Å². The topological polar surface area (TPSA) is 163 Å². The quantitative estimate of drug-likeness (QED) is 0.243. The van der Waals surface area contributed by atoms with Crippen LogP contribution in [0.15, 0.2) is 53.8 Å². The lowest BCUT2D eigenvalue weighted by molar-refractivity contribution is -0.760. The molecule has 0 aliphatic carbocycles. The first-order valence-corrected chi connectivity index (χ1v) is 8.61. The van der Waals surface area contributed by atoms with E-state index in [1.54, 1.807) is 18.3 Å². The number of aliphatic imine (C=N–C) groups is 1. The Morgan fingerprint density at radius 3 is 1.76 bits per heavy atom. The number of phenolic OH excluding ortho intramolecular Hbond substituents is 2. The van der Waals surface area contributed by atoms with Gasteiger partial charge >= 0.3 is 0 Å². The van der Waals surface area contributed by atoms with E-state index in [1.807, 2.05) is 0 Å². The first-order chi connectivity index (χ1) is 13.8. The average molecular weight is 397 g/mol. The van der Waals surface area contributed by atoms with Gasteiger partial charge in [0.05, 0.1) is 17.6 Å². The molecule has 0 unspecified atom stereocenters. The van der Waals surface area contributed by atoms with Crippen LogP contribution in [0.4, 0.5) is 22.7 Å². The van der Waals surface area contributed by atoms with Gasteiger partial charge in [0.15, 0.2) is 19.4 Å². The van der Waals surface area contributed by atoms with Gasteiger partial charge in [-0.3, -0.25) is 9.59 Å². The summed E-state index contributed by atoms with van der Waals surface area (Å²) in [4.78, 5) is 29.0. The fraction of sp³-hybridized carbons (Fsp3) is 0.105. The van der Waals surface area contributed by atoms with Crippen LogP contribution in [0, 0.1) is 0 Å². The molecule has 2 amide bonds. The van der Waals surface area contributed by atoms with Gasteiger partial charge in [-0.2, -0.15) is 0 Å². The lowest BCUT2D eigenvalue weighted by Gasteiger charge is -2.26. The molecule has 8 N–H and O–H groups in total. The van der Waals surface area contributed by atoms with E-state index in [-0.39, 0.29) is 40.4 Å². The number of nitrogens with zero attached hydrogens (tertiary/aromatic N) is 2. The van der Waals surface area contributed by atoms with Crippen LogP contribution in [-0.2, 0) is 9.59 Å². The van der Waals surface area contributed by atoms with Gasteiger partial charge in [-0.15, -0.1) is 0 Å². The minimum Gasteiger partial charge on any atom is -0.506 e. The molecule has 150 valence electrons. The molecule has 0 fully saturated rings. The van der Waals surface area contributed by atoms with Crippen LogP contribution in [-0.4, -0.2) is 45.9 Å². The van der Waals surface area contributed by atoms with Crippen molar-refractivity contribution in [3.8, 4) is 11.5 Å². The second-order valence-corrected chi connectivity index (χ2v) is 6.63. The molecule has 0 aromatic heterocycles. The first-order valence-electron chi connectivity index (χ1n) is 8.61. The molecule has 0 radical (unpaired) electrons. The van der Waals surface area contributed by atoms with Crippen LogP contribution >= 0.6 is 0 Å². The van der Waals surface area contributed by atoms with E-state index in [1.165, 1.54) is 36.8 Å². The Balaban J connectivity index is 1.68. The van der Waals surface area contributed by atoms with Gasteiger partial charge in [0.25, 0.3) is 11.8 Å². The molecule has 10 heteroatoms. The Hall–Kier alpha value is -4.05. The summed E-state index contributed by atoms with van der Waals surface area (Å²) in [5.41, 5.74) is 12.3. The lowest BCUT2D eigenvalue weighted by Crippen LogP contribution is -2.50. The van der Waals surface area contributed by atoms with Crippen LogP contribution in [0.2, 0.25) is 0 Å². The predicted molar refractivity (Wildman–Crippen MR) is 110 cm³/mol. The smallest absolute Gasteiger partial charge is 0.280 e. The van der Waals surface area contributed by atoms with Gasteiger partial charge in [-0.25, -0.2) is 9.48 Å². The van der Waals surface area contributed by atoms with Crippen LogP contribution < -0.4 is 22.1 Å². The molecule has 10 nitrogen and oxygen atoms in total. The Morgan fingerprint density at radius 2 is 1.38 bits per heavy atom. The summed E-state index contributed by atoms with van der Waals surface area (Å²) in [5, 5.41) is 24.9. The highest BCUT2D eigenvalue weighted by atomic mass is 16.3. The third-order valence-corrected chi connectivity index (χ3v) is 4.21. The van der Waals surface area contributed by atoms with Crippen LogP contribution in [0.1, 0.15) is 0 Å². The number of hydrogen-bond donors (Lipinski definition) is 6. The Kier molecular flexibility index (Phi) is 5.37. The Labute approximate surface area is 166 Å². The number of phenols is 2. The predicted octanol–water partition coefficient (Wildman–Crippen LogP) is 1.17. The fourth-order valence-corrected chi connectivity index (χ4v) is 2.85.